The Morgan fingerprint density at radius 1 is 1.04 bits per heavy atom. The third-order valence-corrected chi connectivity index (χ3v) is 3.52. The first-order valence-corrected chi connectivity index (χ1v) is 7.32. The molecule has 2 rings (SSSR count). The summed E-state index contributed by atoms with van der Waals surface area (Å²) in [7, 11) is 0. The number of nitrogens with one attached hydrogen (secondary N) is 1. The lowest BCUT2D eigenvalue weighted by Gasteiger charge is -2.18. The molecule has 0 aliphatic rings. The second-order valence-electron chi connectivity index (χ2n) is 5.38. The van der Waals surface area contributed by atoms with Gasteiger partial charge < -0.3 is 15.8 Å². The van der Waals surface area contributed by atoms with Crippen molar-refractivity contribution in [3.05, 3.63) is 59.2 Å². The zero-order valence-corrected chi connectivity index (χ0v) is 13.4. The number of carbonyl (C=O) groups is 2. The lowest BCUT2D eigenvalue weighted by molar-refractivity contribution is -0.122. The molecule has 0 aromatic heterocycles. The Morgan fingerprint density at radius 2 is 1.65 bits per heavy atom. The number of ether oxygens (including phenoxy) is 1. The Labute approximate surface area is 135 Å². The van der Waals surface area contributed by atoms with Gasteiger partial charge in [0.2, 0.25) is 0 Å². The fraction of sp³-hybridized carbons (Fsp3) is 0.222. The van der Waals surface area contributed by atoms with Gasteiger partial charge in [-0.2, -0.15) is 0 Å². The zero-order valence-electron chi connectivity index (χ0n) is 13.4. The van der Waals surface area contributed by atoms with Crippen molar-refractivity contribution in [1.82, 2.24) is 0 Å². The van der Waals surface area contributed by atoms with Crippen LogP contribution in [0.25, 0.3) is 0 Å². The molecule has 0 spiro atoms. The lowest BCUT2D eigenvalue weighted by atomic mass is 10.1. The highest BCUT2D eigenvalue weighted by molar-refractivity contribution is 6.03. The highest BCUT2D eigenvalue weighted by Crippen LogP contribution is 2.24. The van der Waals surface area contributed by atoms with Gasteiger partial charge in [-0.15, -0.1) is 0 Å². The van der Waals surface area contributed by atoms with Gasteiger partial charge in [-0.3, -0.25) is 9.59 Å². The van der Waals surface area contributed by atoms with Gasteiger partial charge in [0.05, 0.1) is 11.3 Å². The number of hydrogen-bond acceptors (Lipinski definition) is 3. The first kappa shape index (κ1) is 16.5. The Balaban J connectivity index is 2.14. The van der Waals surface area contributed by atoms with Gasteiger partial charge >= 0.3 is 0 Å². The van der Waals surface area contributed by atoms with Gasteiger partial charge in [0.1, 0.15) is 5.75 Å². The molecule has 0 bridgehead atoms. The van der Waals surface area contributed by atoms with E-state index in [0.717, 1.165) is 11.1 Å². The van der Waals surface area contributed by atoms with E-state index in [-0.39, 0.29) is 11.5 Å². The van der Waals surface area contributed by atoms with Gasteiger partial charge in [-0.25, -0.2) is 0 Å². The van der Waals surface area contributed by atoms with E-state index in [1.54, 1.807) is 31.2 Å². The number of para-hydroxylation sites is 2. The van der Waals surface area contributed by atoms with Crippen LogP contribution in [-0.2, 0) is 4.79 Å². The molecule has 0 aliphatic heterocycles. The number of aryl methyl sites for hydroxylation is 2. The summed E-state index contributed by atoms with van der Waals surface area (Å²) in [4.78, 5) is 23.7. The largest absolute Gasteiger partial charge is 0.480 e. The summed E-state index contributed by atoms with van der Waals surface area (Å²) in [5, 5.41) is 2.69. The van der Waals surface area contributed by atoms with E-state index in [1.807, 2.05) is 32.0 Å². The minimum Gasteiger partial charge on any atom is -0.480 e. The molecule has 120 valence electrons. The van der Waals surface area contributed by atoms with Crippen LogP contribution in [0.2, 0.25) is 0 Å². The highest BCUT2D eigenvalue weighted by atomic mass is 16.5. The number of hydrogen-bond donors (Lipinski definition) is 2. The topological polar surface area (TPSA) is 81.4 Å². The van der Waals surface area contributed by atoms with Crippen LogP contribution >= 0.6 is 0 Å². The van der Waals surface area contributed by atoms with E-state index < -0.39 is 12.0 Å². The van der Waals surface area contributed by atoms with Crippen molar-refractivity contribution in [2.45, 2.75) is 26.9 Å². The number of carbonyl (C=O) groups excluding carboxylic acids is 2. The molecule has 0 saturated heterocycles. The number of amides is 2. The number of rotatable bonds is 5. The SMILES string of the molecule is Cc1cccc(C)c1O[C@H](C)C(=O)Nc1ccccc1C(N)=O. The molecule has 0 saturated carbocycles. The Morgan fingerprint density at radius 3 is 2.26 bits per heavy atom. The highest BCUT2D eigenvalue weighted by Gasteiger charge is 2.18. The molecule has 0 radical (unpaired) electrons. The third kappa shape index (κ3) is 3.88. The second-order valence-corrected chi connectivity index (χ2v) is 5.38. The molecule has 23 heavy (non-hydrogen) atoms. The quantitative estimate of drug-likeness (QED) is 0.890. The maximum atomic E-state index is 12.3. The van der Waals surface area contributed by atoms with E-state index in [0.29, 0.717) is 11.4 Å². The zero-order chi connectivity index (χ0) is 17.0. The monoisotopic (exact) mass is 312 g/mol. The third-order valence-electron chi connectivity index (χ3n) is 3.52. The van der Waals surface area contributed by atoms with Crippen molar-refractivity contribution >= 4 is 17.5 Å². The van der Waals surface area contributed by atoms with Crippen LogP contribution in [0.4, 0.5) is 5.69 Å². The summed E-state index contributed by atoms with van der Waals surface area (Å²) in [6.45, 7) is 5.51. The Hall–Kier alpha value is -2.82. The summed E-state index contributed by atoms with van der Waals surface area (Å²) in [6, 6.07) is 12.4. The van der Waals surface area contributed by atoms with E-state index in [4.69, 9.17) is 10.5 Å². The standard InChI is InChI=1S/C18H20N2O3/c1-11-7-6-8-12(2)16(11)23-13(3)18(22)20-15-10-5-4-9-14(15)17(19)21/h4-10,13H,1-3H3,(H2,19,21)(H,20,22)/t13-/m1/s1. The lowest BCUT2D eigenvalue weighted by Crippen LogP contribution is -2.31. The molecule has 2 amide bonds. The van der Waals surface area contributed by atoms with Crippen molar-refractivity contribution in [3.63, 3.8) is 0 Å². The van der Waals surface area contributed by atoms with Crippen molar-refractivity contribution in [3.8, 4) is 5.75 Å². The summed E-state index contributed by atoms with van der Waals surface area (Å²) >= 11 is 0. The van der Waals surface area contributed by atoms with Crippen molar-refractivity contribution in [2.75, 3.05) is 5.32 Å². The average molecular weight is 312 g/mol. The minimum atomic E-state index is -0.712. The van der Waals surface area contributed by atoms with Crippen molar-refractivity contribution in [1.29, 1.82) is 0 Å². The normalized spacial score (nSPS) is 11.6. The van der Waals surface area contributed by atoms with Gasteiger partial charge in [0.25, 0.3) is 11.8 Å². The van der Waals surface area contributed by atoms with E-state index in [1.165, 1.54) is 0 Å². The Bertz CT molecular complexity index is 721. The summed E-state index contributed by atoms with van der Waals surface area (Å²) in [6.07, 6.45) is -0.712. The summed E-state index contributed by atoms with van der Waals surface area (Å²) in [5.74, 6) is -0.246. The first-order chi connectivity index (χ1) is 10.9. The van der Waals surface area contributed by atoms with Crippen LogP contribution in [-0.4, -0.2) is 17.9 Å². The maximum absolute atomic E-state index is 12.3. The van der Waals surface area contributed by atoms with E-state index in [9.17, 15) is 9.59 Å². The van der Waals surface area contributed by atoms with Crippen LogP contribution < -0.4 is 15.8 Å². The summed E-state index contributed by atoms with van der Waals surface area (Å²) < 4.78 is 5.78. The van der Waals surface area contributed by atoms with Gasteiger partial charge in [-0.05, 0) is 44.0 Å². The maximum Gasteiger partial charge on any atom is 0.265 e. The summed E-state index contributed by atoms with van der Waals surface area (Å²) in [5.41, 5.74) is 7.87. The predicted octanol–water partition coefficient (Wildman–Crippen LogP) is 2.81. The van der Waals surface area contributed by atoms with Crippen LogP contribution in [0.3, 0.4) is 0 Å². The molecule has 3 N–H and O–H groups in total. The van der Waals surface area contributed by atoms with Gasteiger partial charge in [-0.1, -0.05) is 30.3 Å². The second kappa shape index (κ2) is 6.96. The van der Waals surface area contributed by atoms with Crippen molar-refractivity contribution < 1.29 is 14.3 Å². The molecule has 1 atom stereocenters. The van der Waals surface area contributed by atoms with Crippen molar-refractivity contribution in [2.24, 2.45) is 5.73 Å². The molecule has 0 unspecified atom stereocenters. The molecule has 2 aromatic rings. The first-order valence-electron chi connectivity index (χ1n) is 7.32. The van der Waals surface area contributed by atoms with E-state index in [2.05, 4.69) is 5.32 Å². The van der Waals surface area contributed by atoms with Crippen LogP contribution in [0.5, 0.6) is 5.75 Å². The predicted molar refractivity (Wildman–Crippen MR) is 89.6 cm³/mol. The number of anilines is 1. The van der Waals surface area contributed by atoms with Gasteiger partial charge in [0.15, 0.2) is 6.10 Å². The molecular formula is C18H20N2O3. The van der Waals surface area contributed by atoms with Gasteiger partial charge in [0, 0.05) is 0 Å². The number of nitrogens with two attached hydrogens (primary N) is 1. The van der Waals surface area contributed by atoms with Crippen LogP contribution in [0, 0.1) is 13.8 Å². The average Bonchev–Trinajstić information content (AvgIpc) is 2.51. The molecule has 5 nitrogen and oxygen atoms in total. The molecule has 0 heterocycles. The number of benzene rings is 2. The smallest absolute Gasteiger partial charge is 0.265 e. The van der Waals surface area contributed by atoms with Crippen LogP contribution in [0.15, 0.2) is 42.5 Å². The molecule has 0 aliphatic carbocycles. The van der Waals surface area contributed by atoms with E-state index >= 15 is 0 Å². The molecular weight excluding hydrogens is 292 g/mol. The fourth-order valence-corrected chi connectivity index (χ4v) is 2.26. The molecule has 5 heteroatoms. The molecule has 0 fully saturated rings. The Kier molecular flexibility index (Phi) is 5.01. The molecule has 2 aromatic carbocycles. The number of primary amides is 1. The fourth-order valence-electron chi connectivity index (χ4n) is 2.26. The minimum absolute atomic E-state index is 0.264. The van der Waals surface area contributed by atoms with Crippen LogP contribution in [0.1, 0.15) is 28.4 Å².